The van der Waals surface area contributed by atoms with Crippen LogP contribution in [0.25, 0.3) is 0 Å². The van der Waals surface area contributed by atoms with Crippen LogP contribution in [0.3, 0.4) is 0 Å². The van der Waals surface area contributed by atoms with Crippen LogP contribution in [0.5, 0.6) is 0 Å². The molecule has 0 saturated heterocycles. The van der Waals surface area contributed by atoms with E-state index in [4.69, 9.17) is 10.2 Å². The summed E-state index contributed by atoms with van der Waals surface area (Å²) in [6.45, 7) is -1.06. The number of aliphatic hydroxyl groups is 2. The summed E-state index contributed by atoms with van der Waals surface area (Å²) in [6, 6.07) is 0. The van der Waals surface area contributed by atoms with Gasteiger partial charge in [-0.3, -0.25) is 8.39 Å². The van der Waals surface area contributed by atoms with Gasteiger partial charge in [0, 0.05) is 12.5 Å². The fraction of sp³-hybridized carbons (Fsp3) is 1.00. The predicted octanol–water partition coefficient (Wildman–Crippen LogP) is -1.85. The number of aliphatic hydroxyl groups excluding tert-OH is 2. The van der Waals surface area contributed by atoms with Crippen molar-refractivity contribution < 1.29 is 27.4 Å². The molecule has 0 aromatic heterocycles. The van der Waals surface area contributed by atoms with Gasteiger partial charge in [-0.05, 0) is 0 Å². The van der Waals surface area contributed by atoms with E-state index in [1.165, 1.54) is 0 Å². The molecule has 0 aromatic rings. The molecule has 0 spiro atoms. The van der Waals surface area contributed by atoms with E-state index in [-0.39, 0.29) is 0 Å². The van der Waals surface area contributed by atoms with Gasteiger partial charge in [0.25, 0.3) is 0 Å². The van der Waals surface area contributed by atoms with Gasteiger partial charge >= 0.3 is 0 Å². The Morgan fingerprint density at radius 2 is 2.08 bits per heavy atom. The molecule has 0 saturated carbocycles. The molecule has 0 bridgehead atoms. The minimum absolute atomic E-state index is 0.483. The third-order valence-corrected chi connectivity index (χ3v) is 5.34. The average Bonchev–Trinajstić information content (AvgIpc) is 1.99. The Morgan fingerprint density at radius 3 is 2.38 bits per heavy atom. The van der Waals surface area contributed by atoms with Crippen molar-refractivity contribution in [2.45, 2.75) is 6.10 Å². The monoisotopic (exact) mass is 233 g/mol. The molecule has 2 unspecified atom stereocenters. The normalized spacial score (nSPS) is 20.2. The van der Waals surface area contributed by atoms with Gasteiger partial charge in [-0.1, -0.05) is 0 Å². The third-order valence-electron chi connectivity index (χ3n) is 1.19. The van der Waals surface area contributed by atoms with E-state index in [0.29, 0.717) is 0 Å². The lowest BCUT2D eigenvalue weighted by Crippen LogP contribution is -2.39. The molecule has 2 atom stereocenters. The molecular formula is C5H13O6S2-. The number of hydrogen-bond donors (Lipinski definition) is 2. The van der Waals surface area contributed by atoms with Crippen molar-refractivity contribution in [3.05, 3.63) is 0 Å². The number of rotatable bonds is 5. The Balaban J connectivity index is 4.35. The summed E-state index contributed by atoms with van der Waals surface area (Å²) in [7, 11) is -7.06. The highest BCUT2D eigenvalue weighted by Gasteiger charge is 2.22. The average molecular weight is 233 g/mol. The molecular weight excluding hydrogens is 220 g/mol. The second-order valence-electron chi connectivity index (χ2n) is 2.94. The summed E-state index contributed by atoms with van der Waals surface area (Å²) in [5.41, 5.74) is 0. The van der Waals surface area contributed by atoms with Gasteiger partial charge < -0.3 is 14.8 Å². The maximum Gasteiger partial charge on any atom is 0.103 e. The van der Waals surface area contributed by atoms with E-state index in [0.717, 1.165) is 12.5 Å². The standard InChI is InChI=1S/C5H14O6S2/c1-13(2,10,12(8)9)11-4-5(7)3-6/h5-7H,3-4H2,1-2H3,(H,8,9)/p-1. The van der Waals surface area contributed by atoms with E-state index >= 15 is 0 Å². The van der Waals surface area contributed by atoms with Crippen molar-refractivity contribution in [2.75, 3.05) is 25.7 Å². The van der Waals surface area contributed by atoms with E-state index in [9.17, 15) is 13.0 Å². The molecule has 13 heavy (non-hydrogen) atoms. The Kier molecular flexibility index (Phi) is 4.16. The van der Waals surface area contributed by atoms with Crippen LogP contribution in [0.4, 0.5) is 0 Å². The molecule has 0 rings (SSSR count). The maximum atomic E-state index is 11.5. The highest BCUT2D eigenvalue weighted by molar-refractivity contribution is 8.74. The van der Waals surface area contributed by atoms with Crippen molar-refractivity contribution >= 4 is 18.5 Å². The summed E-state index contributed by atoms with van der Waals surface area (Å²) in [5, 5.41) is 17.2. The molecule has 0 fully saturated rings. The minimum Gasteiger partial charge on any atom is -0.756 e. The minimum atomic E-state index is -4.18. The first-order valence-electron chi connectivity index (χ1n) is 3.33. The molecule has 0 amide bonds. The number of hydrogen-bond acceptors (Lipinski definition) is 6. The zero-order valence-electron chi connectivity index (χ0n) is 7.34. The summed E-state index contributed by atoms with van der Waals surface area (Å²) in [5.74, 6) is 0. The topological polar surface area (TPSA) is 107 Å². The van der Waals surface area contributed by atoms with Crippen LogP contribution in [0, 0.1) is 0 Å². The van der Waals surface area contributed by atoms with E-state index in [2.05, 4.69) is 4.18 Å². The van der Waals surface area contributed by atoms with Gasteiger partial charge in [0.05, 0.1) is 23.3 Å². The van der Waals surface area contributed by atoms with Crippen LogP contribution in [0.1, 0.15) is 0 Å². The van der Waals surface area contributed by atoms with Crippen molar-refractivity contribution in [3.8, 4) is 0 Å². The van der Waals surface area contributed by atoms with Gasteiger partial charge in [-0.25, -0.2) is 0 Å². The first-order chi connectivity index (χ1) is 5.67. The molecule has 82 valence electrons. The summed E-state index contributed by atoms with van der Waals surface area (Å²) in [6.07, 6.45) is 0.641. The van der Waals surface area contributed by atoms with Crippen LogP contribution in [-0.4, -0.2) is 55.0 Å². The molecule has 0 heterocycles. The maximum absolute atomic E-state index is 11.5. The van der Waals surface area contributed by atoms with Crippen molar-refractivity contribution in [1.82, 2.24) is 0 Å². The van der Waals surface area contributed by atoms with Crippen molar-refractivity contribution in [3.63, 3.8) is 0 Å². The van der Waals surface area contributed by atoms with Gasteiger partial charge in [-0.15, -0.1) is 8.38 Å². The van der Waals surface area contributed by atoms with Crippen LogP contribution in [0.15, 0.2) is 0 Å². The van der Waals surface area contributed by atoms with Crippen LogP contribution in [0.2, 0.25) is 0 Å². The fourth-order valence-electron chi connectivity index (χ4n) is 0.362. The first kappa shape index (κ1) is 13.1. The highest BCUT2D eigenvalue weighted by atomic mass is 33.2. The van der Waals surface area contributed by atoms with Crippen molar-refractivity contribution in [1.29, 1.82) is 0 Å². The Labute approximate surface area is 78.2 Å². The molecule has 0 aliphatic carbocycles. The molecule has 0 aliphatic rings. The van der Waals surface area contributed by atoms with Gasteiger partial charge in [0.1, 0.15) is 6.10 Å². The lowest BCUT2D eigenvalue weighted by molar-refractivity contribution is 0.0565. The van der Waals surface area contributed by atoms with E-state index < -0.39 is 37.8 Å². The molecule has 2 N–H and O–H groups in total. The lowest BCUT2D eigenvalue weighted by atomic mass is 10.4. The third kappa shape index (κ3) is 4.25. The smallest absolute Gasteiger partial charge is 0.103 e. The quantitative estimate of drug-likeness (QED) is 0.426. The molecule has 0 aromatic carbocycles. The molecule has 8 heteroatoms. The van der Waals surface area contributed by atoms with Gasteiger partial charge in [0.15, 0.2) is 0 Å². The largest absolute Gasteiger partial charge is 0.756 e. The zero-order chi connectivity index (χ0) is 10.7. The second-order valence-corrected chi connectivity index (χ2v) is 10.4. The molecule has 0 radical (unpaired) electrons. The van der Waals surface area contributed by atoms with Gasteiger partial charge in [-0.2, -0.15) is 4.21 Å². The Hall–Kier alpha value is 0.140. The van der Waals surface area contributed by atoms with Crippen LogP contribution in [-0.2, 0) is 22.7 Å². The summed E-state index contributed by atoms with van der Waals surface area (Å²) >= 11 is 0. The first-order valence-corrected chi connectivity index (χ1v) is 7.63. The Bertz CT molecular complexity index is 256. The van der Waals surface area contributed by atoms with E-state index in [1.54, 1.807) is 0 Å². The van der Waals surface area contributed by atoms with E-state index in [1.807, 2.05) is 0 Å². The highest BCUT2D eigenvalue weighted by Crippen LogP contribution is 2.22. The molecule has 6 nitrogen and oxygen atoms in total. The summed E-state index contributed by atoms with van der Waals surface area (Å²) < 4.78 is 37.1. The predicted molar refractivity (Wildman–Crippen MR) is 48.0 cm³/mol. The second kappa shape index (κ2) is 4.11. The fourth-order valence-corrected chi connectivity index (χ4v) is 1.38. The van der Waals surface area contributed by atoms with Gasteiger partial charge in [0.2, 0.25) is 0 Å². The summed E-state index contributed by atoms with van der Waals surface area (Å²) in [4.78, 5) is 0. The van der Waals surface area contributed by atoms with Crippen LogP contribution >= 0.6 is 0 Å². The zero-order valence-corrected chi connectivity index (χ0v) is 8.97. The Morgan fingerprint density at radius 1 is 1.62 bits per heavy atom. The van der Waals surface area contributed by atoms with Crippen LogP contribution < -0.4 is 0 Å². The lowest BCUT2D eigenvalue weighted by Gasteiger charge is -2.41. The SMILES string of the molecule is CS(C)(=O)(OCC(O)CO)S(=O)[O-]. The van der Waals surface area contributed by atoms with Crippen molar-refractivity contribution in [2.24, 2.45) is 0 Å². The molecule has 0 aliphatic heterocycles.